The fourth-order valence-corrected chi connectivity index (χ4v) is 7.80. The lowest BCUT2D eigenvalue weighted by Crippen LogP contribution is -2.20. The van der Waals surface area contributed by atoms with E-state index in [1.807, 2.05) is 12.1 Å². The van der Waals surface area contributed by atoms with E-state index in [0.717, 1.165) is 56.6 Å². The zero-order valence-corrected chi connectivity index (χ0v) is 23.7. The number of pyridine rings is 1. The third-order valence-corrected chi connectivity index (χ3v) is 10.2. The number of halogens is 2. The highest BCUT2D eigenvalue weighted by Gasteiger charge is 2.63. The van der Waals surface area contributed by atoms with E-state index in [1.54, 1.807) is 6.07 Å². The Bertz CT molecular complexity index is 1470. The molecule has 3 aliphatic carbocycles. The largest absolute Gasteiger partial charge is 0.489 e. The summed E-state index contributed by atoms with van der Waals surface area (Å²) in [5.74, 6) is 0.557. The number of rotatable bonds is 7. The summed E-state index contributed by atoms with van der Waals surface area (Å²) in [7, 11) is 1.48. The number of ether oxygens (including phenoxy) is 2. The molecule has 2 saturated carbocycles. The van der Waals surface area contributed by atoms with Crippen LogP contribution in [0.2, 0.25) is 0 Å². The van der Waals surface area contributed by atoms with Gasteiger partial charge in [0.1, 0.15) is 30.3 Å². The molecule has 1 aromatic heterocycles. The normalized spacial score (nSPS) is 26.4. The van der Waals surface area contributed by atoms with Gasteiger partial charge in [0, 0.05) is 28.5 Å². The predicted molar refractivity (Wildman–Crippen MR) is 151 cm³/mol. The second-order valence-corrected chi connectivity index (χ2v) is 12.6. The van der Waals surface area contributed by atoms with Gasteiger partial charge in [-0.3, -0.25) is 0 Å². The molecule has 0 aliphatic heterocycles. The van der Waals surface area contributed by atoms with Crippen molar-refractivity contribution in [1.82, 2.24) is 4.98 Å². The van der Waals surface area contributed by atoms with Crippen molar-refractivity contribution in [1.29, 1.82) is 0 Å². The van der Waals surface area contributed by atoms with Crippen LogP contribution in [0.1, 0.15) is 81.0 Å². The van der Waals surface area contributed by atoms with Gasteiger partial charge in [0.05, 0.1) is 13.3 Å². The van der Waals surface area contributed by atoms with Gasteiger partial charge in [0.15, 0.2) is 0 Å². The lowest BCUT2D eigenvalue weighted by atomic mass is 9.75. The van der Waals surface area contributed by atoms with Gasteiger partial charge in [-0.05, 0) is 95.9 Å². The fourth-order valence-electron chi connectivity index (χ4n) is 7.80. The molecule has 4 atom stereocenters. The van der Waals surface area contributed by atoms with Crippen LogP contribution in [0.3, 0.4) is 0 Å². The minimum atomic E-state index is -0.507. The number of fused-ring (bicyclic) bond motifs is 2. The quantitative estimate of drug-likeness (QED) is 0.283. The zero-order valence-electron chi connectivity index (χ0n) is 23.7. The summed E-state index contributed by atoms with van der Waals surface area (Å²) in [6, 6.07) is 11.0. The molecule has 40 heavy (non-hydrogen) atoms. The molecule has 2 fully saturated rings. The van der Waals surface area contributed by atoms with Crippen LogP contribution < -0.4 is 9.47 Å². The smallest absolute Gasteiger partial charge is 0.213 e. The zero-order chi connectivity index (χ0) is 28.2. The average molecular weight is 546 g/mol. The standard InChI is InChI=1S/C34H37F2NO3/c1-20-29(18-38)34(20)12-5-7-21-9-10-23(14-28(21)34)40-19-22-13-25(27-8-6-11-33(27,2)3)24(15-30(22)35)26-16-32(39-4)37-17-31(26)36/h9-10,13-18,20,27,29H,5-8,11-12,19H2,1-4H3. The number of carbonyl (C=O) groups is 1. The highest BCUT2D eigenvalue weighted by molar-refractivity contribution is 5.71. The number of hydrogen-bond acceptors (Lipinski definition) is 4. The molecule has 210 valence electrons. The van der Waals surface area contributed by atoms with Crippen molar-refractivity contribution >= 4 is 6.29 Å². The van der Waals surface area contributed by atoms with Crippen LogP contribution in [0, 0.1) is 28.9 Å². The van der Waals surface area contributed by atoms with E-state index in [4.69, 9.17) is 9.47 Å². The third kappa shape index (κ3) is 4.31. The van der Waals surface area contributed by atoms with Crippen molar-refractivity contribution in [2.45, 2.75) is 77.2 Å². The molecule has 0 bridgehead atoms. The Labute approximate surface area is 235 Å². The Hall–Kier alpha value is -3.28. The van der Waals surface area contributed by atoms with Gasteiger partial charge in [-0.25, -0.2) is 13.8 Å². The maximum atomic E-state index is 15.7. The number of aryl methyl sites for hydroxylation is 1. The number of aromatic nitrogens is 1. The van der Waals surface area contributed by atoms with Gasteiger partial charge in [0.25, 0.3) is 0 Å². The Kier molecular flexibility index (Phi) is 6.71. The molecule has 2 aromatic carbocycles. The Morgan fingerprint density at radius 3 is 2.58 bits per heavy atom. The first kappa shape index (κ1) is 26.9. The molecular weight excluding hydrogens is 508 g/mol. The second-order valence-electron chi connectivity index (χ2n) is 12.6. The number of methoxy groups -OCH3 is 1. The van der Waals surface area contributed by atoms with Gasteiger partial charge in [-0.1, -0.05) is 33.3 Å². The van der Waals surface area contributed by atoms with Crippen LogP contribution in [0.25, 0.3) is 11.1 Å². The molecule has 3 aromatic rings. The van der Waals surface area contributed by atoms with Crippen molar-refractivity contribution in [3.8, 4) is 22.8 Å². The van der Waals surface area contributed by atoms with Crippen molar-refractivity contribution in [3.63, 3.8) is 0 Å². The highest BCUT2D eigenvalue weighted by Crippen LogP contribution is 2.64. The molecule has 0 amide bonds. The molecule has 4 unspecified atom stereocenters. The molecule has 6 heteroatoms. The first-order chi connectivity index (χ1) is 19.2. The van der Waals surface area contributed by atoms with Crippen molar-refractivity contribution in [2.24, 2.45) is 17.3 Å². The van der Waals surface area contributed by atoms with E-state index < -0.39 is 11.6 Å². The molecular formula is C34H37F2NO3. The molecule has 4 nitrogen and oxygen atoms in total. The van der Waals surface area contributed by atoms with E-state index in [-0.39, 0.29) is 35.2 Å². The number of benzene rings is 2. The Morgan fingerprint density at radius 1 is 1.05 bits per heavy atom. The molecule has 1 heterocycles. The van der Waals surface area contributed by atoms with E-state index in [0.29, 0.717) is 28.4 Å². The van der Waals surface area contributed by atoms with Crippen LogP contribution in [-0.2, 0) is 23.2 Å². The first-order valence-electron chi connectivity index (χ1n) is 14.4. The molecule has 6 rings (SSSR count). The summed E-state index contributed by atoms with van der Waals surface area (Å²) in [5, 5.41) is 0. The van der Waals surface area contributed by atoms with Crippen LogP contribution in [-0.4, -0.2) is 18.4 Å². The summed E-state index contributed by atoms with van der Waals surface area (Å²) in [6.45, 7) is 6.68. The topological polar surface area (TPSA) is 48.4 Å². The highest BCUT2D eigenvalue weighted by atomic mass is 19.1. The van der Waals surface area contributed by atoms with Gasteiger partial charge in [-0.15, -0.1) is 0 Å². The number of aldehydes is 1. The summed E-state index contributed by atoms with van der Waals surface area (Å²) in [5.41, 5.74) is 4.62. The summed E-state index contributed by atoms with van der Waals surface area (Å²) >= 11 is 0. The Morgan fingerprint density at radius 2 is 1.88 bits per heavy atom. The number of hydrogen-bond donors (Lipinski definition) is 0. The SMILES string of the molecule is COc1cc(-c2cc(F)c(COc3ccc4c(c3)C3(CCC4)C(C)C3C=O)cc2C2CCCC2(C)C)c(F)cn1. The van der Waals surface area contributed by atoms with Crippen LogP contribution in [0.15, 0.2) is 42.6 Å². The molecule has 0 N–H and O–H groups in total. The Balaban J connectivity index is 1.35. The van der Waals surface area contributed by atoms with Crippen molar-refractivity contribution < 1.29 is 23.0 Å². The maximum absolute atomic E-state index is 15.7. The van der Waals surface area contributed by atoms with Crippen LogP contribution >= 0.6 is 0 Å². The summed E-state index contributed by atoms with van der Waals surface area (Å²) in [4.78, 5) is 15.7. The molecule has 0 saturated heterocycles. The van der Waals surface area contributed by atoms with E-state index in [9.17, 15) is 4.79 Å². The minimum Gasteiger partial charge on any atom is -0.489 e. The minimum absolute atomic E-state index is 0.00118. The van der Waals surface area contributed by atoms with Crippen LogP contribution in [0.5, 0.6) is 11.6 Å². The average Bonchev–Trinajstić information content (AvgIpc) is 3.32. The van der Waals surface area contributed by atoms with Gasteiger partial charge in [-0.2, -0.15) is 0 Å². The lowest BCUT2D eigenvalue weighted by Gasteiger charge is -2.30. The summed E-state index contributed by atoms with van der Waals surface area (Å²) in [6.07, 6.45) is 8.42. The van der Waals surface area contributed by atoms with Gasteiger partial charge < -0.3 is 14.3 Å². The second kappa shape index (κ2) is 9.97. The van der Waals surface area contributed by atoms with Crippen LogP contribution in [0.4, 0.5) is 8.78 Å². The first-order valence-corrected chi connectivity index (χ1v) is 14.4. The number of nitrogens with zero attached hydrogens (tertiary/aromatic N) is 1. The number of carbonyl (C=O) groups excluding carboxylic acids is 1. The maximum Gasteiger partial charge on any atom is 0.213 e. The molecule has 0 radical (unpaired) electrons. The third-order valence-electron chi connectivity index (χ3n) is 10.2. The predicted octanol–water partition coefficient (Wildman–Crippen LogP) is 7.95. The molecule has 1 spiro atoms. The van der Waals surface area contributed by atoms with Gasteiger partial charge in [0.2, 0.25) is 5.88 Å². The fraction of sp³-hybridized carbons (Fsp3) is 0.471. The van der Waals surface area contributed by atoms with E-state index >= 15 is 8.78 Å². The molecule has 3 aliphatic rings. The van der Waals surface area contributed by atoms with Crippen molar-refractivity contribution in [2.75, 3.05) is 7.11 Å². The van der Waals surface area contributed by atoms with Gasteiger partial charge >= 0.3 is 0 Å². The van der Waals surface area contributed by atoms with E-state index in [2.05, 4.69) is 37.9 Å². The van der Waals surface area contributed by atoms with Crippen molar-refractivity contribution in [3.05, 3.63) is 76.5 Å². The monoisotopic (exact) mass is 545 g/mol. The lowest BCUT2D eigenvalue weighted by molar-refractivity contribution is -0.109. The van der Waals surface area contributed by atoms with E-state index in [1.165, 1.54) is 24.3 Å². The summed E-state index contributed by atoms with van der Waals surface area (Å²) < 4.78 is 42.2.